The van der Waals surface area contributed by atoms with E-state index in [2.05, 4.69) is 5.32 Å². The first-order valence-corrected chi connectivity index (χ1v) is 6.42. The maximum absolute atomic E-state index is 13.0. The number of thiophene rings is 1. The van der Waals surface area contributed by atoms with Gasteiger partial charge in [0.25, 0.3) is 0 Å². The Kier molecular flexibility index (Phi) is 2.59. The number of alkyl halides is 3. The SMILES string of the molecule is FC(F)(F)c1ccccc1C1CNc2sccc21. The normalized spacial score (nSPS) is 18.5. The lowest BCUT2D eigenvalue weighted by Gasteiger charge is -2.17. The first-order valence-electron chi connectivity index (χ1n) is 5.55. The van der Waals surface area contributed by atoms with Gasteiger partial charge in [-0.25, -0.2) is 0 Å². The van der Waals surface area contributed by atoms with Gasteiger partial charge in [-0.2, -0.15) is 13.2 Å². The Hall–Kier alpha value is -1.49. The third-order valence-corrected chi connectivity index (χ3v) is 4.07. The van der Waals surface area contributed by atoms with E-state index in [-0.39, 0.29) is 5.92 Å². The monoisotopic (exact) mass is 269 g/mol. The third-order valence-electron chi connectivity index (χ3n) is 3.18. The lowest BCUT2D eigenvalue weighted by molar-refractivity contribution is -0.138. The molecule has 94 valence electrons. The van der Waals surface area contributed by atoms with Crippen LogP contribution in [0.15, 0.2) is 35.7 Å². The molecule has 1 aromatic carbocycles. The van der Waals surface area contributed by atoms with Gasteiger partial charge in [0.2, 0.25) is 0 Å². The minimum absolute atomic E-state index is 0.205. The van der Waals surface area contributed by atoms with Gasteiger partial charge in [-0.05, 0) is 28.6 Å². The van der Waals surface area contributed by atoms with Crippen LogP contribution >= 0.6 is 11.3 Å². The first kappa shape index (κ1) is 11.6. The number of benzene rings is 1. The van der Waals surface area contributed by atoms with Gasteiger partial charge in [-0.3, -0.25) is 0 Å². The van der Waals surface area contributed by atoms with E-state index < -0.39 is 11.7 Å². The Balaban J connectivity index is 2.09. The van der Waals surface area contributed by atoms with Gasteiger partial charge in [0, 0.05) is 12.5 Å². The molecule has 2 heterocycles. The number of hydrogen-bond donors (Lipinski definition) is 1. The smallest absolute Gasteiger partial charge is 0.376 e. The van der Waals surface area contributed by atoms with Gasteiger partial charge in [0.1, 0.15) is 0 Å². The van der Waals surface area contributed by atoms with Gasteiger partial charge < -0.3 is 5.32 Å². The van der Waals surface area contributed by atoms with Crippen LogP contribution in [0, 0.1) is 0 Å². The average Bonchev–Trinajstić information content (AvgIpc) is 2.89. The van der Waals surface area contributed by atoms with Crippen LogP contribution in [0.25, 0.3) is 0 Å². The van der Waals surface area contributed by atoms with Crippen molar-refractivity contribution in [3.05, 3.63) is 52.4 Å². The molecule has 1 atom stereocenters. The predicted octanol–water partition coefficient (Wildman–Crippen LogP) is 4.32. The molecule has 1 nitrogen and oxygen atoms in total. The lowest BCUT2D eigenvalue weighted by atomic mass is 9.91. The van der Waals surface area contributed by atoms with Crippen LogP contribution in [0.1, 0.15) is 22.6 Å². The molecule has 1 aliphatic rings. The molecule has 0 radical (unpaired) electrons. The van der Waals surface area contributed by atoms with E-state index in [0.717, 1.165) is 16.6 Å². The van der Waals surface area contributed by atoms with Crippen LogP contribution in [-0.2, 0) is 6.18 Å². The van der Waals surface area contributed by atoms with E-state index >= 15 is 0 Å². The van der Waals surface area contributed by atoms with Crippen molar-refractivity contribution in [2.45, 2.75) is 12.1 Å². The Morgan fingerprint density at radius 2 is 1.89 bits per heavy atom. The molecular weight excluding hydrogens is 259 g/mol. The van der Waals surface area contributed by atoms with Crippen molar-refractivity contribution in [1.29, 1.82) is 0 Å². The van der Waals surface area contributed by atoms with Gasteiger partial charge in [-0.15, -0.1) is 11.3 Å². The number of hydrogen-bond acceptors (Lipinski definition) is 2. The Morgan fingerprint density at radius 1 is 1.11 bits per heavy atom. The highest BCUT2D eigenvalue weighted by atomic mass is 32.1. The minimum Gasteiger partial charge on any atom is -0.376 e. The summed E-state index contributed by atoms with van der Waals surface area (Å²) in [6, 6.07) is 7.72. The highest BCUT2D eigenvalue weighted by molar-refractivity contribution is 7.14. The molecule has 1 aliphatic heterocycles. The summed E-state index contributed by atoms with van der Waals surface area (Å²) < 4.78 is 39.0. The number of fused-ring (bicyclic) bond motifs is 1. The summed E-state index contributed by atoms with van der Waals surface area (Å²) in [5.41, 5.74) is 0.794. The Bertz CT molecular complexity index is 574. The van der Waals surface area contributed by atoms with Crippen LogP contribution in [0.5, 0.6) is 0 Å². The summed E-state index contributed by atoms with van der Waals surface area (Å²) in [6.07, 6.45) is -4.30. The predicted molar refractivity (Wildman–Crippen MR) is 66.1 cm³/mol. The molecule has 0 amide bonds. The fraction of sp³-hybridized carbons (Fsp3) is 0.231. The summed E-state index contributed by atoms with van der Waals surface area (Å²) in [6.45, 7) is 0.537. The molecule has 0 saturated carbocycles. The molecule has 0 spiro atoms. The van der Waals surface area contributed by atoms with Crippen molar-refractivity contribution >= 4 is 16.3 Å². The summed E-state index contributed by atoms with van der Waals surface area (Å²) in [7, 11) is 0. The standard InChI is InChI=1S/C13H10F3NS/c14-13(15,16)11-4-2-1-3-8(11)10-7-17-12-9(10)5-6-18-12/h1-6,10,17H,7H2. The van der Waals surface area contributed by atoms with Gasteiger partial charge in [0.05, 0.1) is 10.6 Å². The molecule has 5 heteroatoms. The lowest BCUT2D eigenvalue weighted by Crippen LogP contribution is -2.13. The number of rotatable bonds is 1. The van der Waals surface area contributed by atoms with Crippen molar-refractivity contribution in [2.24, 2.45) is 0 Å². The second-order valence-electron chi connectivity index (χ2n) is 4.22. The third kappa shape index (κ3) is 1.79. The largest absolute Gasteiger partial charge is 0.416 e. The second kappa shape index (κ2) is 4.02. The van der Waals surface area contributed by atoms with Gasteiger partial charge in [0.15, 0.2) is 0 Å². The molecule has 0 bridgehead atoms. The van der Waals surface area contributed by atoms with Crippen LogP contribution in [0.3, 0.4) is 0 Å². The molecule has 1 aromatic heterocycles. The van der Waals surface area contributed by atoms with Crippen molar-refractivity contribution in [3.8, 4) is 0 Å². The molecule has 3 rings (SSSR count). The fourth-order valence-corrected chi connectivity index (χ4v) is 3.24. The summed E-state index contributed by atoms with van der Waals surface area (Å²) in [5, 5.41) is 6.04. The Morgan fingerprint density at radius 3 is 2.67 bits per heavy atom. The summed E-state index contributed by atoms with van der Waals surface area (Å²) in [5.74, 6) is -0.205. The summed E-state index contributed by atoms with van der Waals surface area (Å²) in [4.78, 5) is 0. The van der Waals surface area contributed by atoms with E-state index in [1.54, 1.807) is 12.1 Å². The van der Waals surface area contributed by atoms with Crippen molar-refractivity contribution in [2.75, 3.05) is 11.9 Å². The van der Waals surface area contributed by atoms with Crippen LogP contribution in [-0.4, -0.2) is 6.54 Å². The maximum Gasteiger partial charge on any atom is 0.416 e. The fourth-order valence-electron chi connectivity index (χ4n) is 2.38. The summed E-state index contributed by atoms with van der Waals surface area (Å²) >= 11 is 1.53. The topological polar surface area (TPSA) is 12.0 Å². The van der Waals surface area contributed by atoms with E-state index in [9.17, 15) is 13.2 Å². The first-order chi connectivity index (χ1) is 8.57. The second-order valence-corrected chi connectivity index (χ2v) is 5.14. The van der Waals surface area contributed by atoms with E-state index in [0.29, 0.717) is 12.1 Å². The number of anilines is 1. The van der Waals surface area contributed by atoms with Crippen molar-refractivity contribution < 1.29 is 13.2 Å². The minimum atomic E-state index is -4.30. The number of halogens is 3. The highest BCUT2D eigenvalue weighted by Gasteiger charge is 2.37. The van der Waals surface area contributed by atoms with Gasteiger partial charge in [-0.1, -0.05) is 18.2 Å². The molecule has 0 aliphatic carbocycles. The van der Waals surface area contributed by atoms with E-state index in [4.69, 9.17) is 0 Å². The molecule has 0 fully saturated rings. The van der Waals surface area contributed by atoms with Crippen LogP contribution in [0.4, 0.5) is 18.2 Å². The molecule has 2 aromatic rings. The van der Waals surface area contributed by atoms with Crippen LogP contribution < -0.4 is 5.32 Å². The molecule has 1 unspecified atom stereocenters. The Labute approximate surface area is 106 Å². The highest BCUT2D eigenvalue weighted by Crippen LogP contribution is 2.43. The molecular formula is C13H10F3NS. The average molecular weight is 269 g/mol. The zero-order chi connectivity index (χ0) is 12.8. The van der Waals surface area contributed by atoms with Crippen molar-refractivity contribution in [3.63, 3.8) is 0 Å². The maximum atomic E-state index is 13.0. The molecule has 18 heavy (non-hydrogen) atoms. The molecule has 0 saturated heterocycles. The van der Waals surface area contributed by atoms with E-state index in [1.165, 1.54) is 17.4 Å². The number of nitrogens with one attached hydrogen (secondary N) is 1. The molecule has 1 N–H and O–H groups in total. The quantitative estimate of drug-likeness (QED) is 0.812. The van der Waals surface area contributed by atoms with Crippen molar-refractivity contribution in [1.82, 2.24) is 0 Å². The van der Waals surface area contributed by atoms with Gasteiger partial charge >= 0.3 is 6.18 Å². The zero-order valence-electron chi connectivity index (χ0n) is 9.29. The van der Waals surface area contributed by atoms with E-state index in [1.807, 2.05) is 11.4 Å². The van der Waals surface area contributed by atoms with Crippen LogP contribution in [0.2, 0.25) is 0 Å². The zero-order valence-corrected chi connectivity index (χ0v) is 10.1.